The highest BCUT2D eigenvalue weighted by Gasteiger charge is 2.28. The van der Waals surface area contributed by atoms with Crippen molar-refractivity contribution in [2.75, 3.05) is 26.2 Å². The number of nitrogens with zero attached hydrogens (tertiary/aromatic N) is 5. The highest BCUT2D eigenvalue weighted by Crippen LogP contribution is 2.25. The summed E-state index contributed by atoms with van der Waals surface area (Å²) >= 11 is 0. The summed E-state index contributed by atoms with van der Waals surface area (Å²) in [5, 5.41) is 4.38. The number of pyridine rings is 1. The van der Waals surface area contributed by atoms with Crippen LogP contribution in [-0.4, -0.2) is 56.1 Å². The Labute approximate surface area is 146 Å². The van der Waals surface area contributed by atoms with E-state index in [9.17, 15) is 9.59 Å². The van der Waals surface area contributed by atoms with Gasteiger partial charge in [-0.3, -0.25) is 14.1 Å². The second-order valence-corrected chi connectivity index (χ2v) is 7.13. The van der Waals surface area contributed by atoms with Gasteiger partial charge in [0.15, 0.2) is 5.65 Å². The van der Waals surface area contributed by atoms with E-state index >= 15 is 0 Å². The number of rotatable bonds is 3. The van der Waals surface area contributed by atoms with Gasteiger partial charge in [0.2, 0.25) is 5.91 Å². The number of carbonyl (C=O) groups is 1. The first-order valence-electron chi connectivity index (χ1n) is 9.28. The second-order valence-electron chi connectivity index (χ2n) is 7.13. The third-order valence-electron chi connectivity index (χ3n) is 5.46. The Hall–Kier alpha value is -2.15. The van der Waals surface area contributed by atoms with Crippen molar-refractivity contribution in [2.24, 2.45) is 5.92 Å². The second kappa shape index (κ2) is 7.00. The Balaban J connectivity index is 1.36. The third kappa shape index (κ3) is 3.33. The average molecular weight is 343 g/mol. The zero-order valence-electron chi connectivity index (χ0n) is 14.5. The van der Waals surface area contributed by atoms with Crippen molar-refractivity contribution in [3.63, 3.8) is 0 Å². The number of fused-ring (bicyclic) bond motifs is 1. The molecule has 0 atom stereocenters. The van der Waals surface area contributed by atoms with Gasteiger partial charge in [0, 0.05) is 38.3 Å². The van der Waals surface area contributed by atoms with Crippen LogP contribution in [0.25, 0.3) is 5.65 Å². The smallest absolute Gasteiger partial charge is 0.340 e. The molecule has 0 unspecified atom stereocenters. The van der Waals surface area contributed by atoms with Crippen molar-refractivity contribution in [1.82, 2.24) is 24.0 Å². The van der Waals surface area contributed by atoms with Crippen LogP contribution in [0.3, 0.4) is 0 Å². The molecule has 1 saturated carbocycles. The zero-order valence-corrected chi connectivity index (χ0v) is 14.5. The molecule has 1 saturated heterocycles. The van der Waals surface area contributed by atoms with Gasteiger partial charge in [-0.15, -0.1) is 5.10 Å². The van der Waals surface area contributed by atoms with Crippen LogP contribution in [-0.2, 0) is 11.5 Å². The monoisotopic (exact) mass is 343 g/mol. The fraction of sp³-hybridized carbons (Fsp3) is 0.611. The van der Waals surface area contributed by atoms with E-state index in [1.807, 2.05) is 23.1 Å². The summed E-state index contributed by atoms with van der Waals surface area (Å²) in [6.07, 6.45) is 7.49. The quantitative estimate of drug-likeness (QED) is 0.839. The summed E-state index contributed by atoms with van der Waals surface area (Å²) in [5.41, 5.74) is 0.551. The molecule has 134 valence electrons. The zero-order chi connectivity index (χ0) is 17.2. The normalized spacial score (nSPS) is 20.2. The molecule has 4 rings (SSSR count). The predicted molar refractivity (Wildman–Crippen MR) is 94.2 cm³/mol. The highest BCUT2D eigenvalue weighted by molar-refractivity contribution is 5.79. The molecule has 1 aliphatic heterocycles. The molecule has 0 radical (unpaired) electrons. The van der Waals surface area contributed by atoms with Gasteiger partial charge in [0.25, 0.3) is 0 Å². The minimum absolute atomic E-state index is 0.115. The number of hydrogen-bond acceptors (Lipinski definition) is 4. The lowest BCUT2D eigenvalue weighted by Crippen LogP contribution is -2.51. The van der Waals surface area contributed by atoms with E-state index < -0.39 is 0 Å². The van der Waals surface area contributed by atoms with Gasteiger partial charge < -0.3 is 4.90 Å². The summed E-state index contributed by atoms with van der Waals surface area (Å²) in [6, 6.07) is 5.54. The molecule has 1 aliphatic carbocycles. The van der Waals surface area contributed by atoms with Crippen LogP contribution in [0.4, 0.5) is 0 Å². The molecular weight excluding hydrogens is 318 g/mol. The van der Waals surface area contributed by atoms with Gasteiger partial charge in [-0.05, 0) is 25.0 Å². The van der Waals surface area contributed by atoms with Crippen molar-refractivity contribution < 1.29 is 4.79 Å². The van der Waals surface area contributed by atoms with E-state index in [1.165, 1.54) is 23.9 Å². The van der Waals surface area contributed by atoms with Crippen LogP contribution in [0, 0.1) is 5.92 Å². The lowest BCUT2D eigenvalue weighted by Gasteiger charge is -2.36. The van der Waals surface area contributed by atoms with E-state index in [2.05, 4.69) is 10.00 Å². The summed E-state index contributed by atoms with van der Waals surface area (Å²) in [7, 11) is 0. The van der Waals surface area contributed by atoms with Gasteiger partial charge in [0.1, 0.15) is 0 Å². The molecule has 7 nitrogen and oxygen atoms in total. The topological polar surface area (TPSA) is 62.9 Å². The molecule has 25 heavy (non-hydrogen) atoms. The standard InChI is InChI=1S/C18H25N5O2/c24-17(15-6-2-1-3-7-15)21-12-10-20(11-13-21)14-23-18(25)22-9-5-4-8-16(22)19-23/h4-5,8-9,15H,1-3,6-7,10-14H2. The first kappa shape index (κ1) is 16.3. The maximum absolute atomic E-state index is 12.6. The van der Waals surface area contributed by atoms with E-state index in [0.29, 0.717) is 18.2 Å². The fourth-order valence-electron chi connectivity index (χ4n) is 3.97. The van der Waals surface area contributed by atoms with Crippen molar-refractivity contribution in [3.8, 4) is 0 Å². The molecule has 2 fully saturated rings. The molecular formula is C18H25N5O2. The van der Waals surface area contributed by atoms with Gasteiger partial charge in [-0.2, -0.15) is 4.68 Å². The average Bonchev–Trinajstić information content (AvgIpc) is 2.98. The largest absolute Gasteiger partial charge is 0.351 e. The third-order valence-corrected chi connectivity index (χ3v) is 5.46. The van der Waals surface area contributed by atoms with Crippen molar-refractivity contribution in [1.29, 1.82) is 0 Å². The number of carbonyl (C=O) groups excluding carboxylic acids is 1. The van der Waals surface area contributed by atoms with Crippen LogP contribution in [0.2, 0.25) is 0 Å². The molecule has 0 N–H and O–H groups in total. The Bertz CT molecular complexity index is 797. The minimum atomic E-state index is -0.115. The summed E-state index contributed by atoms with van der Waals surface area (Å²) in [5.74, 6) is 0.575. The Morgan fingerprint density at radius 3 is 2.56 bits per heavy atom. The van der Waals surface area contributed by atoms with Crippen molar-refractivity contribution in [2.45, 2.75) is 38.8 Å². The van der Waals surface area contributed by atoms with Crippen LogP contribution < -0.4 is 5.69 Å². The number of amides is 1. The van der Waals surface area contributed by atoms with Crippen LogP contribution in [0.15, 0.2) is 29.2 Å². The molecule has 2 aromatic rings. The summed E-state index contributed by atoms with van der Waals surface area (Å²) in [4.78, 5) is 29.2. The minimum Gasteiger partial charge on any atom is -0.340 e. The lowest BCUT2D eigenvalue weighted by atomic mass is 9.88. The van der Waals surface area contributed by atoms with Crippen molar-refractivity contribution >= 4 is 11.6 Å². The van der Waals surface area contributed by atoms with Crippen molar-refractivity contribution in [3.05, 3.63) is 34.9 Å². The lowest BCUT2D eigenvalue weighted by molar-refractivity contribution is -0.138. The number of piperazine rings is 1. The molecule has 3 heterocycles. The fourth-order valence-corrected chi connectivity index (χ4v) is 3.97. The molecule has 0 aromatic carbocycles. The number of hydrogen-bond donors (Lipinski definition) is 0. The predicted octanol–water partition coefficient (Wildman–Crippen LogP) is 1.18. The van der Waals surface area contributed by atoms with E-state index in [4.69, 9.17) is 0 Å². The summed E-state index contributed by atoms with van der Waals surface area (Å²) < 4.78 is 3.07. The molecule has 2 aliphatic rings. The summed E-state index contributed by atoms with van der Waals surface area (Å²) in [6.45, 7) is 3.55. The number of aromatic nitrogens is 3. The Morgan fingerprint density at radius 1 is 1.08 bits per heavy atom. The van der Waals surface area contributed by atoms with Gasteiger partial charge in [0.05, 0.1) is 6.67 Å². The first-order chi connectivity index (χ1) is 12.2. The van der Waals surface area contributed by atoms with E-state index in [0.717, 1.165) is 39.0 Å². The van der Waals surface area contributed by atoms with Crippen LogP contribution >= 0.6 is 0 Å². The Morgan fingerprint density at radius 2 is 1.84 bits per heavy atom. The Kier molecular flexibility index (Phi) is 4.57. The molecule has 2 aromatic heterocycles. The molecule has 0 bridgehead atoms. The van der Waals surface area contributed by atoms with Crippen LogP contribution in [0.5, 0.6) is 0 Å². The molecule has 0 spiro atoms. The SMILES string of the molecule is O=C(C1CCCCC1)N1CCN(Cn2nc3ccccn3c2=O)CC1. The molecule has 1 amide bonds. The highest BCUT2D eigenvalue weighted by atomic mass is 16.2. The maximum atomic E-state index is 12.6. The molecule has 7 heteroatoms. The van der Waals surface area contributed by atoms with Gasteiger partial charge in [-0.1, -0.05) is 25.3 Å². The maximum Gasteiger partial charge on any atom is 0.351 e. The first-order valence-corrected chi connectivity index (χ1v) is 9.28. The van der Waals surface area contributed by atoms with E-state index in [-0.39, 0.29) is 11.6 Å². The van der Waals surface area contributed by atoms with Crippen LogP contribution in [0.1, 0.15) is 32.1 Å². The van der Waals surface area contributed by atoms with E-state index in [1.54, 1.807) is 10.6 Å². The van der Waals surface area contributed by atoms with Gasteiger partial charge >= 0.3 is 5.69 Å². The van der Waals surface area contributed by atoms with Gasteiger partial charge in [-0.25, -0.2) is 4.79 Å².